The summed E-state index contributed by atoms with van der Waals surface area (Å²) in [6, 6.07) is 33.7. The molecule has 23 heteroatoms. The lowest BCUT2D eigenvalue weighted by molar-refractivity contribution is -0.153. The molecule has 0 spiro atoms. The van der Waals surface area contributed by atoms with Crippen molar-refractivity contribution >= 4 is 52.2 Å². The molecule has 2 fully saturated rings. The van der Waals surface area contributed by atoms with Gasteiger partial charge in [0, 0.05) is 49.1 Å². The maximum absolute atomic E-state index is 13.6. The van der Waals surface area contributed by atoms with Crippen LogP contribution in [0.1, 0.15) is 120 Å². The smallest absolute Gasteiger partial charge is 0.342 e. The van der Waals surface area contributed by atoms with Gasteiger partial charge in [0.1, 0.15) is 64.3 Å². The average Bonchev–Trinajstić information content (AvgIpc) is 1.58. The number of aliphatic hydroxyl groups is 1. The quantitative estimate of drug-likeness (QED) is 0.0127. The van der Waals surface area contributed by atoms with Gasteiger partial charge in [-0.25, -0.2) is 19.2 Å². The fourth-order valence-corrected chi connectivity index (χ4v) is 12.2. The van der Waals surface area contributed by atoms with Crippen molar-refractivity contribution in [2.75, 3.05) is 75.6 Å². The van der Waals surface area contributed by atoms with Gasteiger partial charge < -0.3 is 80.9 Å². The minimum Gasteiger partial charge on any atom is -0.497 e. The van der Waals surface area contributed by atoms with Crippen molar-refractivity contribution in [3.8, 4) is 28.7 Å². The number of benzene rings is 5. The zero-order chi connectivity index (χ0) is 75.3. The Balaban J connectivity index is 0.000000376. The maximum Gasteiger partial charge on any atom is 0.342 e. The van der Waals surface area contributed by atoms with Crippen LogP contribution in [0.2, 0.25) is 51.4 Å². The van der Waals surface area contributed by atoms with Gasteiger partial charge in [0.25, 0.3) is 0 Å². The summed E-state index contributed by atoms with van der Waals surface area (Å²) < 4.78 is 93.1. The average molecular weight is 1480 g/mol. The van der Waals surface area contributed by atoms with Crippen LogP contribution in [0.5, 0.6) is 28.7 Å². The molecule has 2 heterocycles. The predicted molar refractivity (Wildman–Crippen MR) is 407 cm³/mol. The Kier molecular flexibility index (Phi) is 35.2. The summed E-state index contributed by atoms with van der Waals surface area (Å²) in [5.41, 5.74) is 3.45. The molecular weight excluding hydrogens is 1370 g/mol. The number of rotatable bonds is 38. The first kappa shape index (κ1) is 86.7. The third-order valence-electron chi connectivity index (χ3n) is 16.2. The van der Waals surface area contributed by atoms with E-state index in [4.69, 9.17) is 75.8 Å². The van der Waals surface area contributed by atoms with E-state index in [2.05, 4.69) is 39.3 Å². The molecule has 104 heavy (non-hydrogen) atoms. The molecule has 5 aromatic carbocycles. The zero-order valence-electron chi connectivity index (χ0n) is 63.0. The van der Waals surface area contributed by atoms with Crippen molar-refractivity contribution in [2.24, 2.45) is 11.8 Å². The van der Waals surface area contributed by atoms with E-state index in [1.807, 2.05) is 94.5 Å². The van der Waals surface area contributed by atoms with Gasteiger partial charge >= 0.3 is 23.9 Å². The minimum atomic E-state index is -1.45. The number of methoxy groups -OCH3 is 5. The van der Waals surface area contributed by atoms with Crippen LogP contribution in [0.3, 0.4) is 0 Å². The molecule has 2 aliphatic heterocycles. The molecule has 0 aliphatic carbocycles. The highest BCUT2D eigenvalue weighted by Gasteiger charge is 2.47. The molecule has 2 unspecified atom stereocenters. The molecule has 5 aromatic rings. The third kappa shape index (κ3) is 28.8. The number of aliphatic hydroxyl groups excluding tert-OH is 1. The van der Waals surface area contributed by atoms with E-state index < -0.39 is 88.2 Å². The van der Waals surface area contributed by atoms with Crippen LogP contribution < -0.4 is 23.7 Å². The number of carbonyl (C=O) groups excluding carboxylic acids is 4. The maximum atomic E-state index is 13.6. The Morgan fingerprint density at radius 2 is 0.923 bits per heavy atom. The van der Waals surface area contributed by atoms with Gasteiger partial charge in [0.2, 0.25) is 0 Å². The van der Waals surface area contributed by atoms with Gasteiger partial charge in [0.05, 0.1) is 71.1 Å². The van der Waals surface area contributed by atoms with Crippen LogP contribution in [-0.4, -0.2) is 169 Å². The number of ether oxygens (including phenoxy) is 16. The first-order valence-electron chi connectivity index (χ1n) is 34.7. The van der Waals surface area contributed by atoms with Gasteiger partial charge in [-0.2, -0.15) is 0 Å². The number of hydrogen-bond donors (Lipinski definition) is 1. The highest BCUT2D eigenvalue weighted by molar-refractivity contribution is 6.76. The first-order chi connectivity index (χ1) is 49.0. The van der Waals surface area contributed by atoms with E-state index in [9.17, 15) is 24.3 Å². The predicted octanol–water partition coefficient (Wildman–Crippen LogP) is 15.9. The van der Waals surface area contributed by atoms with Crippen LogP contribution >= 0.6 is 0 Å². The van der Waals surface area contributed by atoms with E-state index in [1.165, 1.54) is 21.3 Å². The molecule has 21 nitrogen and oxygen atoms in total. The Morgan fingerprint density at radius 1 is 0.519 bits per heavy atom. The molecule has 0 bridgehead atoms. The molecule has 2 saturated heterocycles. The molecule has 0 radical (unpaired) electrons. The van der Waals surface area contributed by atoms with Crippen LogP contribution in [0.25, 0.3) is 12.2 Å². The summed E-state index contributed by atoms with van der Waals surface area (Å²) in [5, 5.41) is 9.60. The van der Waals surface area contributed by atoms with E-state index in [1.54, 1.807) is 119 Å². The molecular formula is C81H112O21Si2. The second-order valence-electron chi connectivity index (χ2n) is 28.5. The Bertz CT molecular complexity index is 3580. The van der Waals surface area contributed by atoms with Crippen molar-refractivity contribution in [3.63, 3.8) is 0 Å². The summed E-state index contributed by atoms with van der Waals surface area (Å²) in [5.74, 6) is -1.76. The third-order valence-corrected chi connectivity index (χ3v) is 19.6. The number of carbonyl (C=O) groups is 4. The van der Waals surface area contributed by atoms with E-state index >= 15 is 0 Å². The zero-order valence-corrected chi connectivity index (χ0v) is 65.0. The largest absolute Gasteiger partial charge is 0.497 e. The Labute approximate surface area is 618 Å². The Morgan fingerprint density at radius 3 is 1.30 bits per heavy atom. The lowest BCUT2D eigenvalue weighted by atomic mass is 10.0. The molecule has 7 rings (SSSR count). The summed E-state index contributed by atoms with van der Waals surface area (Å²) in [6.45, 7) is 25.8. The molecule has 2 aliphatic rings. The molecule has 8 atom stereocenters. The summed E-state index contributed by atoms with van der Waals surface area (Å²) in [4.78, 5) is 53.5. The lowest BCUT2D eigenvalue weighted by Crippen LogP contribution is -2.37. The standard InChI is InChI=1S/C44H58O11Si.C36H50O10Si.CH4/c1-31(28-50-29-32-19-21-35(48-5)22-20-32)18-23-37(53-42(45)33-14-11-10-12-15-33)41-38(54-44(2,3)55-41)17-13-16-34-26-36(49-6)27-39(52-30-47-4)40(34)43(46)51-24-25-56(7,8)9;1-25(23-37)17-18-29(44-34(38)26-13-10-9-11-14-26)33-30(45-36(2,3)46-33)16-12-15-27-21-28(41-5)22-31(43-24-40-4)32(27)35(39)42-19-20-47(6,7)8;/h10-16,18-23,26-27,31,37-38,41H,17,24-25,28-30H2,1-9H3;9-15,17-18,21-22,25,29-30,33,37H,16,19-20,23-24H2,1-8H3;1H4/b16-13+,23-18-;15-12+,18-17-;/t31-,37?,38-,41+;25-,29?,30-,33+;/m00./s1. The van der Waals surface area contributed by atoms with Crippen molar-refractivity contribution in [1.29, 1.82) is 0 Å². The lowest BCUT2D eigenvalue weighted by Gasteiger charge is -2.24. The molecule has 0 aromatic heterocycles. The second kappa shape index (κ2) is 42.3. The fraction of sp³-hybridized carbons (Fsp3) is 0.481. The normalized spacial score (nSPS) is 18.2. The first-order valence-corrected chi connectivity index (χ1v) is 42.2. The minimum absolute atomic E-state index is 0. The molecule has 0 amide bonds. The number of hydrogen-bond acceptors (Lipinski definition) is 21. The van der Waals surface area contributed by atoms with Gasteiger partial charge in [-0.05, 0) is 142 Å². The van der Waals surface area contributed by atoms with Crippen LogP contribution in [0.15, 0.2) is 146 Å². The monoisotopic (exact) mass is 1480 g/mol. The van der Waals surface area contributed by atoms with Gasteiger partial charge in [-0.15, -0.1) is 0 Å². The van der Waals surface area contributed by atoms with E-state index in [0.29, 0.717) is 73.0 Å². The van der Waals surface area contributed by atoms with Gasteiger partial charge in [0.15, 0.2) is 25.2 Å². The highest BCUT2D eigenvalue weighted by atomic mass is 28.3. The molecule has 1 N–H and O–H groups in total. The second-order valence-corrected chi connectivity index (χ2v) is 39.7. The van der Waals surface area contributed by atoms with E-state index in [0.717, 1.165) is 23.4 Å². The van der Waals surface area contributed by atoms with Crippen molar-refractivity contribution in [3.05, 3.63) is 185 Å². The topological polar surface area (TPSA) is 236 Å². The summed E-state index contributed by atoms with van der Waals surface area (Å²) in [6.07, 6.45) is 11.4. The van der Waals surface area contributed by atoms with Crippen LogP contribution in [0.4, 0.5) is 0 Å². The van der Waals surface area contributed by atoms with Crippen LogP contribution in [0, 0.1) is 11.8 Å². The van der Waals surface area contributed by atoms with Crippen molar-refractivity contribution < 1.29 is 100 Å². The Hall–Kier alpha value is -7.95. The number of esters is 4. The summed E-state index contributed by atoms with van der Waals surface area (Å²) in [7, 11) is 4.84. The summed E-state index contributed by atoms with van der Waals surface area (Å²) >= 11 is 0. The SMILES string of the molecule is C.COCOc1cc(OC)cc(/C=C/C[C@@H]2OC(C)(C)O[C@@H]2C(/C=C\[C@H](C)CO)OC(=O)c2ccccc2)c1C(=O)OCC[Si](C)(C)C.COCOc1cc(OC)cc(/C=C/C[C@@H]2OC(C)(C)O[C@@H]2C(/C=C\[C@H](C)COCc2ccc(OC)cc2)OC(=O)c2ccccc2)c1C(=O)OCC[Si](C)(C)C. The van der Waals surface area contributed by atoms with Crippen molar-refractivity contribution in [2.45, 2.75) is 168 Å². The molecule has 0 saturated carbocycles. The van der Waals surface area contributed by atoms with Crippen molar-refractivity contribution in [1.82, 2.24) is 0 Å². The van der Waals surface area contributed by atoms with Gasteiger partial charge in [-0.3, -0.25) is 0 Å². The van der Waals surface area contributed by atoms with Gasteiger partial charge in [-0.1, -0.05) is 146 Å². The fourth-order valence-electron chi connectivity index (χ4n) is 10.7. The highest BCUT2D eigenvalue weighted by Crippen LogP contribution is 2.38. The molecule has 570 valence electrons. The van der Waals surface area contributed by atoms with Crippen LogP contribution in [-0.2, 0) is 58.7 Å². The van der Waals surface area contributed by atoms with E-state index in [-0.39, 0.29) is 62.1 Å².